The predicted molar refractivity (Wildman–Crippen MR) is 176 cm³/mol. The molecule has 3 aromatic carbocycles. The minimum Gasteiger partial charge on any atom is -0.458 e. The number of aromatic nitrogens is 1. The first kappa shape index (κ1) is 27.3. The van der Waals surface area contributed by atoms with Crippen LogP contribution in [0.5, 0.6) is 23.1 Å². The molecule has 0 unspecified atom stereocenters. The zero-order valence-corrected chi connectivity index (χ0v) is 26.9. The summed E-state index contributed by atoms with van der Waals surface area (Å²) in [7, 11) is 0. The Bertz CT molecular complexity index is 1780. The van der Waals surface area contributed by atoms with Gasteiger partial charge in [-0.25, -0.2) is 4.98 Å². The van der Waals surface area contributed by atoms with E-state index in [0.717, 1.165) is 34.0 Å². The van der Waals surface area contributed by atoms with Gasteiger partial charge in [-0.15, -0.1) is 0 Å². The molecule has 0 saturated carbocycles. The fourth-order valence-corrected chi connectivity index (χ4v) is 7.61. The molecule has 4 heteroatoms. The van der Waals surface area contributed by atoms with Gasteiger partial charge in [0, 0.05) is 17.1 Å². The van der Waals surface area contributed by atoms with Gasteiger partial charge in [0.1, 0.15) is 17.2 Å². The highest BCUT2D eigenvalue weighted by atomic mass is 16.5. The molecular formula is C38H42BNO2. The van der Waals surface area contributed by atoms with Crippen molar-refractivity contribution in [1.29, 1.82) is 0 Å². The molecule has 3 heterocycles. The molecule has 0 radical (unpaired) electrons. The SMILES string of the molecule is Cc1cc(C)c(-c2cc3c4c(n2)Oc2ccc(C(C)(C)C)cc2B4c2cc4c(cc2O3)C(C)(C)CCC4(C)C)c(C)c1. The molecule has 0 saturated heterocycles. The number of nitrogens with zero attached hydrogens (tertiary/aromatic N) is 1. The normalized spacial score (nSPS) is 17.3. The van der Waals surface area contributed by atoms with Gasteiger partial charge in [-0.1, -0.05) is 84.4 Å². The third kappa shape index (κ3) is 4.05. The van der Waals surface area contributed by atoms with Crippen LogP contribution in [-0.2, 0) is 16.2 Å². The van der Waals surface area contributed by atoms with Gasteiger partial charge in [0.2, 0.25) is 5.88 Å². The van der Waals surface area contributed by atoms with E-state index >= 15 is 0 Å². The van der Waals surface area contributed by atoms with Gasteiger partial charge in [-0.2, -0.15) is 0 Å². The molecule has 0 atom stereocenters. The summed E-state index contributed by atoms with van der Waals surface area (Å²) in [5.41, 5.74) is 13.6. The maximum Gasteiger partial charge on any atom is 0.262 e. The first-order valence-corrected chi connectivity index (χ1v) is 15.5. The van der Waals surface area contributed by atoms with Crippen molar-refractivity contribution in [2.75, 3.05) is 0 Å². The van der Waals surface area contributed by atoms with E-state index in [2.05, 4.69) is 118 Å². The molecule has 2 aliphatic heterocycles. The molecule has 0 bridgehead atoms. The highest BCUT2D eigenvalue weighted by Crippen LogP contribution is 2.48. The summed E-state index contributed by atoms with van der Waals surface area (Å²) >= 11 is 0. The number of aryl methyl sites for hydroxylation is 3. The van der Waals surface area contributed by atoms with E-state index in [1.807, 2.05) is 0 Å². The standard InChI is InChI=1S/C38H42BNO2/c1-21-15-22(2)33(23(3)16-21)29-20-32-34-35(40-29)42-30-12-11-24(36(4,5)6)17-27(30)39(34)28-18-25-26(19-31(28)41-32)38(9,10)14-13-37(25,7)8/h11-12,15-20H,13-14H2,1-10H3. The Hall–Kier alpha value is -3.53. The van der Waals surface area contributed by atoms with Gasteiger partial charge in [-0.3, -0.25) is 0 Å². The van der Waals surface area contributed by atoms with Crippen LogP contribution in [0, 0.1) is 20.8 Å². The Balaban J connectivity index is 1.52. The topological polar surface area (TPSA) is 31.4 Å². The molecule has 0 amide bonds. The summed E-state index contributed by atoms with van der Waals surface area (Å²) in [5, 5.41) is 0. The van der Waals surface area contributed by atoms with E-state index in [-0.39, 0.29) is 23.0 Å². The van der Waals surface area contributed by atoms with Crippen molar-refractivity contribution < 1.29 is 9.47 Å². The van der Waals surface area contributed by atoms with E-state index in [0.29, 0.717) is 5.88 Å². The number of benzene rings is 3. The minimum absolute atomic E-state index is 0.00213. The van der Waals surface area contributed by atoms with Crippen molar-refractivity contribution in [3.05, 3.63) is 81.9 Å². The Kier molecular flexibility index (Phi) is 5.69. The number of pyridine rings is 1. The summed E-state index contributed by atoms with van der Waals surface area (Å²) in [5.74, 6) is 3.36. The molecule has 0 fully saturated rings. The molecule has 42 heavy (non-hydrogen) atoms. The maximum atomic E-state index is 6.91. The van der Waals surface area contributed by atoms with Crippen molar-refractivity contribution >= 4 is 23.1 Å². The Morgan fingerprint density at radius 3 is 1.98 bits per heavy atom. The van der Waals surface area contributed by atoms with Crippen molar-refractivity contribution in [2.45, 2.75) is 98.3 Å². The largest absolute Gasteiger partial charge is 0.458 e. The van der Waals surface area contributed by atoms with Crippen molar-refractivity contribution in [2.24, 2.45) is 0 Å². The fraction of sp³-hybridized carbons (Fsp3) is 0.395. The van der Waals surface area contributed by atoms with Crippen molar-refractivity contribution in [3.8, 4) is 34.4 Å². The second-order valence-corrected chi connectivity index (χ2v) is 15.3. The molecule has 7 rings (SSSR count). The van der Waals surface area contributed by atoms with Gasteiger partial charge in [0.05, 0.1) is 5.69 Å². The van der Waals surface area contributed by atoms with Crippen LogP contribution in [-0.4, -0.2) is 11.7 Å². The zero-order chi connectivity index (χ0) is 29.9. The van der Waals surface area contributed by atoms with Crippen LogP contribution in [0.4, 0.5) is 0 Å². The average Bonchev–Trinajstić information content (AvgIpc) is 2.89. The van der Waals surface area contributed by atoms with Crippen LogP contribution in [0.1, 0.15) is 94.7 Å². The van der Waals surface area contributed by atoms with Crippen LogP contribution >= 0.6 is 0 Å². The van der Waals surface area contributed by atoms with Gasteiger partial charge in [-0.05, 0) is 101 Å². The molecule has 3 aliphatic rings. The van der Waals surface area contributed by atoms with Crippen LogP contribution in [0.3, 0.4) is 0 Å². The molecular weight excluding hydrogens is 513 g/mol. The lowest BCUT2D eigenvalue weighted by molar-refractivity contribution is 0.330. The van der Waals surface area contributed by atoms with Crippen LogP contribution in [0.15, 0.2) is 48.5 Å². The number of hydrogen-bond acceptors (Lipinski definition) is 3. The first-order chi connectivity index (χ1) is 19.6. The van der Waals surface area contributed by atoms with Crippen LogP contribution < -0.4 is 25.9 Å². The van der Waals surface area contributed by atoms with E-state index in [9.17, 15) is 0 Å². The maximum absolute atomic E-state index is 6.91. The van der Waals surface area contributed by atoms with E-state index < -0.39 is 0 Å². The second-order valence-electron chi connectivity index (χ2n) is 15.3. The van der Waals surface area contributed by atoms with Gasteiger partial charge >= 0.3 is 0 Å². The minimum atomic E-state index is -0.00213. The first-order valence-electron chi connectivity index (χ1n) is 15.5. The van der Waals surface area contributed by atoms with Gasteiger partial charge in [0.15, 0.2) is 0 Å². The lowest BCUT2D eigenvalue weighted by Gasteiger charge is -2.43. The summed E-state index contributed by atoms with van der Waals surface area (Å²) in [6.45, 7) is 22.9. The summed E-state index contributed by atoms with van der Waals surface area (Å²) in [6, 6.07) is 18.2. The smallest absolute Gasteiger partial charge is 0.262 e. The molecule has 1 aliphatic carbocycles. The summed E-state index contributed by atoms with van der Waals surface area (Å²) < 4.78 is 13.6. The molecule has 0 spiro atoms. The lowest BCUT2D eigenvalue weighted by atomic mass is 9.34. The number of hydrogen-bond donors (Lipinski definition) is 0. The number of ether oxygens (including phenoxy) is 2. The fourth-order valence-electron chi connectivity index (χ4n) is 7.61. The van der Waals surface area contributed by atoms with Gasteiger partial charge in [0.25, 0.3) is 6.71 Å². The van der Waals surface area contributed by atoms with E-state index in [1.54, 1.807) is 0 Å². The highest BCUT2D eigenvalue weighted by molar-refractivity contribution is 6.98. The Morgan fingerprint density at radius 2 is 1.33 bits per heavy atom. The zero-order valence-electron chi connectivity index (χ0n) is 26.9. The number of rotatable bonds is 1. The quantitative estimate of drug-likeness (QED) is 0.192. The monoisotopic (exact) mass is 555 g/mol. The van der Waals surface area contributed by atoms with Gasteiger partial charge < -0.3 is 9.47 Å². The van der Waals surface area contributed by atoms with Crippen molar-refractivity contribution in [1.82, 2.24) is 4.98 Å². The Morgan fingerprint density at radius 1 is 0.714 bits per heavy atom. The van der Waals surface area contributed by atoms with E-state index in [4.69, 9.17) is 14.5 Å². The third-order valence-electron chi connectivity index (χ3n) is 10.1. The Labute approximate surface area is 251 Å². The summed E-state index contributed by atoms with van der Waals surface area (Å²) in [4.78, 5) is 5.21. The van der Waals surface area contributed by atoms with Crippen LogP contribution in [0.2, 0.25) is 0 Å². The molecule has 3 nitrogen and oxygen atoms in total. The molecule has 4 aromatic rings. The molecule has 0 N–H and O–H groups in total. The molecule has 214 valence electrons. The average molecular weight is 556 g/mol. The second kappa shape index (κ2) is 8.75. The summed E-state index contributed by atoms with van der Waals surface area (Å²) in [6.07, 6.45) is 2.34. The third-order valence-corrected chi connectivity index (χ3v) is 10.1. The van der Waals surface area contributed by atoms with Crippen LogP contribution in [0.25, 0.3) is 11.3 Å². The number of fused-ring (bicyclic) bond motifs is 5. The van der Waals surface area contributed by atoms with Crippen molar-refractivity contribution in [3.63, 3.8) is 0 Å². The predicted octanol–water partition coefficient (Wildman–Crippen LogP) is 8.05. The lowest BCUT2D eigenvalue weighted by Crippen LogP contribution is -2.58. The van der Waals surface area contributed by atoms with E-state index in [1.165, 1.54) is 57.1 Å². The molecule has 1 aromatic heterocycles. The highest BCUT2D eigenvalue weighted by Gasteiger charge is 2.45.